The van der Waals surface area contributed by atoms with E-state index in [0.29, 0.717) is 18.1 Å². The summed E-state index contributed by atoms with van der Waals surface area (Å²) in [4.78, 5) is 21.1. The van der Waals surface area contributed by atoms with Gasteiger partial charge in [-0.3, -0.25) is 9.59 Å². The van der Waals surface area contributed by atoms with Gasteiger partial charge in [-0.2, -0.15) is 13.2 Å². The summed E-state index contributed by atoms with van der Waals surface area (Å²) < 4.78 is 44.0. The zero-order chi connectivity index (χ0) is 15.5. The highest BCUT2D eigenvalue weighted by Gasteiger charge is 2.34. The van der Waals surface area contributed by atoms with Crippen molar-refractivity contribution in [2.45, 2.75) is 6.18 Å². The molecule has 3 nitrogen and oxygen atoms in total. The zero-order valence-corrected chi connectivity index (χ0v) is 10.6. The molecule has 0 bridgehead atoms. The van der Waals surface area contributed by atoms with Crippen LogP contribution in [0.25, 0.3) is 0 Å². The number of carbonyl (C=O) groups is 2. The van der Waals surface area contributed by atoms with Crippen LogP contribution < -0.4 is 4.74 Å². The number of ether oxygens (including phenoxy) is 1. The predicted octanol–water partition coefficient (Wildman–Crippen LogP) is 4.12. The molecule has 108 valence electrons. The lowest BCUT2D eigenvalue weighted by molar-refractivity contribution is -0.138. The maximum Gasteiger partial charge on any atom is 0.420 e. The van der Waals surface area contributed by atoms with Crippen molar-refractivity contribution in [1.29, 1.82) is 0 Å². The topological polar surface area (TPSA) is 43.4 Å². The number of halogens is 3. The summed E-state index contributed by atoms with van der Waals surface area (Å²) in [5, 5.41) is 0. The lowest BCUT2D eigenvalue weighted by Gasteiger charge is -2.14. The van der Waals surface area contributed by atoms with Crippen molar-refractivity contribution < 1.29 is 27.5 Å². The van der Waals surface area contributed by atoms with Crippen LogP contribution in [0.4, 0.5) is 13.2 Å². The number of hydrogen-bond donors (Lipinski definition) is 0. The van der Waals surface area contributed by atoms with Crippen molar-refractivity contribution in [3.05, 3.63) is 59.2 Å². The maximum atomic E-state index is 12.9. The summed E-state index contributed by atoms with van der Waals surface area (Å²) in [5.74, 6) is -0.253. The van der Waals surface area contributed by atoms with Gasteiger partial charge in [-0.05, 0) is 42.5 Å². The number of carbonyl (C=O) groups excluding carboxylic acids is 2. The maximum absolute atomic E-state index is 12.9. The summed E-state index contributed by atoms with van der Waals surface area (Å²) >= 11 is 0. The Morgan fingerprint density at radius 2 is 1.43 bits per heavy atom. The summed E-state index contributed by atoms with van der Waals surface area (Å²) in [7, 11) is 0. The van der Waals surface area contributed by atoms with E-state index in [0.717, 1.165) is 12.1 Å². The van der Waals surface area contributed by atoms with Gasteiger partial charge in [-0.1, -0.05) is 0 Å². The van der Waals surface area contributed by atoms with E-state index in [1.807, 2.05) is 0 Å². The van der Waals surface area contributed by atoms with Gasteiger partial charge in [0.05, 0.1) is 5.56 Å². The fourth-order valence-electron chi connectivity index (χ4n) is 1.67. The standard InChI is InChI=1S/C15H9F3O3/c16-15(17,18)13-7-11(9-20)3-6-14(13)21-12-4-1-10(8-19)2-5-12/h1-9H. The van der Waals surface area contributed by atoms with E-state index in [2.05, 4.69) is 0 Å². The molecule has 0 unspecified atom stereocenters. The number of hydrogen-bond acceptors (Lipinski definition) is 3. The van der Waals surface area contributed by atoms with Gasteiger partial charge in [-0.15, -0.1) is 0 Å². The van der Waals surface area contributed by atoms with Gasteiger partial charge in [0.25, 0.3) is 0 Å². The van der Waals surface area contributed by atoms with Crippen molar-refractivity contribution >= 4 is 12.6 Å². The Kier molecular flexibility index (Phi) is 4.07. The largest absolute Gasteiger partial charge is 0.457 e. The molecule has 6 heteroatoms. The Balaban J connectivity index is 2.38. The van der Waals surface area contributed by atoms with E-state index in [4.69, 9.17) is 4.74 Å². The summed E-state index contributed by atoms with van der Waals surface area (Å²) in [6.07, 6.45) is -3.70. The summed E-state index contributed by atoms with van der Waals surface area (Å²) in [6, 6.07) is 8.67. The summed E-state index contributed by atoms with van der Waals surface area (Å²) in [5.41, 5.74) is -0.743. The lowest BCUT2D eigenvalue weighted by Crippen LogP contribution is -2.08. The second-order valence-corrected chi connectivity index (χ2v) is 4.16. The van der Waals surface area contributed by atoms with Gasteiger partial charge >= 0.3 is 6.18 Å². The van der Waals surface area contributed by atoms with Crippen LogP contribution in [0.3, 0.4) is 0 Å². The number of alkyl halides is 3. The first-order valence-electron chi connectivity index (χ1n) is 5.83. The second kappa shape index (κ2) is 5.78. The first kappa shape index (κ1) is 14.8. The van der Waals surface area contributed by atoms with Crippen LogP contribution in [0.5, 0.6) is 11.5 Å². The quantitative estimate of drug-likeness (QED) is 0.796. The molecular formula is C15H9F3O3. The van der Waals surface area contributed by atoms with Crippen LogP contribution in [0.15, 0.2) is 42.5 Å². The van der Waals surface area contributed by atoms with Gasteiger partial charge in [0.15, 0.2) is 0 Å². The lowest BCUT2D eigenvalue weighted by atomic mass is 10.1. The third kappa shape index (κ3) is 3.47. The molecule has 0 aliphatic heterocycles. The minimum atomic E-state index is -4.64. The Labute approximate surface area is 118 Å². The average molecular weight is 294 g/mol. The molecule has 0 aliphatic rings. The van der Waals surface area contributed by atoms with E-state index < -0.39 is 17.5 Å². The second-order valence-electron chi connectivity index (χ2n) is 4.16. The molecule has 0 fully saturated rings. The Morgan fingerprint density at radius 3 is 1.95 bits per heavy atom. The Bertz CT molecular complexity index is 661. The fraction of sp³-hybridized carbons (Fsp3) is 0.0667. The Morgan fingerprint density at radius 1 is 0.857 bits per heavy atom. The molecule has 0 spiro atoms. The van der Waals surface area contributed by atoms with Crippen LogP contribution in [0.1, 0.15) is 26.3 Å². The fourth-order valence-corrected chi connectivity index (χ4v) is 1.67. The van der Waals surface area contributed by atoms with Gasteiger partial charge in [0.1, 0.15) is 24.1 Å². The van der Waals surface area contributed by atoms with Gasteiger partial charge in [-0.25, -0.2) is 0 Å². The molecule has 2 rings (SSSR count). The van der Waals surface area contributed by atoms with E-state index in [9.17, 15) is 22.8 Å². The Hall–Kier alpha value is -2.63. The van der Waals surface area contributed by atoms with Gasteiger partial charge in [0.2, 0.25) is 0 Å². The SMILES string of the molecule is O=Cc1ccc(Oc2ccc(C=O)cc2C(F)(F)F)cc1. The third-order valence-corrected chi connectivity index (χ3v) is 2.69. The van der Waals surface area contributed by atoms with Gasteiger partial charge < -0.3 is 4.74 Å². The van der Waals surface area contributed by atoms with Gasteiger partial charge in [0, 0.05) is 11.1 Å². The van der Waals surface area contributed by atoms with Crippen molar-refractivity contribution in [3.8, 4) is 11.5 Å². The molecule has 0 aliphatic carbocycles. The van der Waals surface area contributed by atoms with Crippen molar-refractivity contribution in [1.82, 2.24) is 0 Å². The van der Waals surface area contributed by atoms with E-state index in [1.54, 1.807) is 0 Å². The van der Waals surface area contributed by atoms with Crippen LogP contribution in [-0.2, 0) is 6.18 Å². The zero-order valence-electron chi connectivity index (χ0n) is 10.6. The molecule has 0 aromatic heterocycles. The predicted molar refractivity (Wildman–Crippen MR) is 68.7 cm³/mol. The molecular weight excluding hydrogens is 285 g/mol. The normalized spacial score (nSPS) is 11.0. The number of aldehydes is 2. The van der Waals surface area contributed by atoms with E-state index in [1.165, 1.54) is 30.3 Å². The molecule has 21 heavy (non-hydrogen) atoms. The van der Waals surface area contributed by atoms with Crippen LogP contribution in [-0.4, -0.2) is 12.6 Å². The monoisotopic (exact) mass is 294 g/mol. The first-order chi connectivity index (χ1) is 9.94. The van der Waals surface area contributed by atoms with Crippen molar-refractivity contribution in [2.24, 2.45) is 0 Å². The average Bonchev–Trinajstić information content (AvgIpc) is 2.47. The van der Waals surface area contributed by atoms with E-state index in [-0.39, 0.29) is 11.3 Å². The molecule has 2 aromatic carbocycles. The number of rotatable bonds is 4. The minimum absolute atomic E-state index is 0.0917. The highest BCUT2D eigenvalue weighted by atomic mass is 19.4. The third-order valence-electron chi connectivity index (χ3n) is 2.69. The molecule has 0 heterocycles. The first-order valence-corrected chi connectivity index (χ1v) is 5.83. The van der Waals surface area contributed by atoms with Crippen LogP contribution in [0.2, 0.25) is 0 Å². The van der Waals surface area contributed by atoms with Crippen LogP contribution in [0, 0.1) is 0 Å². The molecule has 0 atom stereocenters. The highest BCUT2D eigenvalue weighted by Crippen LogP contribution is 2.38. The molecule has 0 amide bonds. The van der Waals surface area contributed by atoms with Crippen LogP contribution >= 0.6 is 0 Å². The smallest absolute Gasteiger partial charge is 0.420 e. The molecule has 0 saturated heterocycles. The summed E-state index contributed by atoms with van der Waals surface area (Å²) in [6.45, 7) is 0. The molecule has 2 aromatic rings. The molecule has 0 saturated carbocycles. The highest BCUT2D eigenvalue weighted by molar-refractivity contribution is 5.76. The van der Waals surface area contributed by atoms with E-state index >= 15 is 0 Å². The minimum Gasteiger partial charge on any atom is -0.457 e. The van der Waals surface area contributed by atoms with Crippen molar-refractivity contribution in [3.63, 3.8) is 0 Å². The molecule has 0 N–H and O–H groups in total. The van der Waals surface area contributed by atoms with Crippen molar-refractivity contribution in [2.75, 3.05) is 0 Å². The molecule has 0 radical (unpaired) electrons. The number of benzene rings is 2.